The molecular weight excluding hydrogens is 160 g/mol. The zero-order valence-electron chi connectivity index (χ0n) is 9.09. The first kappa shape index (κ1) is 10.7. The van der Waals surface area contributed by atoms with Crippen LogP contribution in [0.5, 0.6) is 0 Å². The van der Waals surface area contributed by atoms with Crippen LogP contribution in [0.3, 0.4) is 0 Å². The SMILES string of the molecule is CC1=CCCN(CC(C)C(C)N)C1. The Morgan fingerprint density at radius 1 is 1.54 bits per heavy atom. The molecule has 1 rings (SSSR count). The van der Waals surface area contributed by atoms with E-state index in [-0.39, 0.29) is 0 Å². The molecule has 2 heteroatoms. The van der Waals surface area contributed by atoms with E-state index in [4.69, 9.17) is 5.73 Å². The van der Waals surface area contributed by atoms with Crippen molar-refractivity contribution in [1.82, 2.24) is 4.90 Å². The Kier molecular flexibility index (Phi) is 3.94. The summed E-state index contributed by atoms with van der Waals surface area (Å²) < 4.78 is 0. The molecule has 0 saturated carbocycles. The van der Waals surface area contributed by atoms with E-state index in [0.29, 0.717) is 12.0 Å². The lowest BCUT2D eigenvalue weighted by Gasteiger charge is -2.29. The van der Waals surface area contributed by atoms with Crippen LogP contribution in [0.1, 0.15) is 27.2 Å². The lowest BCUT2D eigenvalue weighted by molar-refractivity contribution is 0.237. The maximum absolute atomic E-state index is 5.85. The number of hydrogen-bond donors (Lipinski definition) is 1. The highest BCUT2D eigenvalue weighted by Crippen LogP contribution is 2.11. The summed E-state index contributed by atoms with van der Waals surface area (Å²) in [5.74, 6) is 0.603. The van der Waals surface area contributed by atoms with Gasteiger partial charge in [-0.3, -0.25) is 4.90 Å². The van der Waals surface area contributed by atoms with Crippen LogP contribution >= 0.6 is 0 Å². The first-order chi connectivity index (χ1) is 6.09. The van der Waals surface area contributed by atoms with Gasteiger partial charge in [0.25, 0.3) is 0 Å². The monoisotopic (exact) mass is 182 g/mol. The van der Waals surface area contributed by atoms with E-state index in [1.165, 1.54) is 18.5 Å². The Hall–Kier alpha value is -0.340. The molecule has 0 spiro atoms. The van der Waals surface area contributed by atoms with Crippen molar-refractivity contribution in [2.45, 2.75) is 33.2 Å². The van der Waals surface area contributed by atoms with Crippen molar-refractivity contribution in [3.63, 3.8) is 0 Å². The third kappa shape index (κ3) is 3.49. The second-order valence-corrected chi connectivity index (χ2v) is 4.41. The van der Waals surface area contributed by atoms with Gasteiger partial charge in [0, 0.05) is 25.7 Å². The van der Waals surface area contributed by atoms with Gasteiger partial charge < -0.3 is 5.73 Å². The van der Waals surface area contributed by atoms with E-state index in [9.17, 15) is 0 Å². The third-order valence-electron chi connectivity index (χ3n) is 2.85. The predicted molar refractivity (Wildman–Crippen MR) is 57.6 cm³/mol. The minimum atomic E-state index is 0.311. The van der Waals surface area contributed by atoms with E-state index in [1.54, 1.807) is 0 Å². The Bertz CT molecular complexity index is 185. The Balaban J connectivity index is 2.34. The van der Waals surface area contributed by atoms with Crippen LogP contribution in [0.4, 0.5) is 0 Å². The van der Waals surface area contributed by atoms with Crippen LogP contribution in [0.15, 0.2) is 11.6 Å². The summed E-state index contributed by atoms with van der Waals surface area (Å²) in [6.45, 7) is 10.0. The van der Waals surface area contributed by atoms with E-state index in [1.807, 2.05) is 0 Å². The molecule has 2 unspecified atom stereocenters. The summed E-state index contributed by atoms with van der Waals surface area (Å²) in [5, 5.41) is 0. The molecule has 1 aliphatic rings. The van der Waals surface area contributed by atoms with Gasteiger partial charge in [-0.2, -0.15) is 0 Å². The third-order valence-corrected chi connectivity index (χ3v) is 2.85. The average molecular weight is 182 g/mol. The van der Waals surface area contributed by atoms with Crippen molar-refractivity contribution < 1.29 is 0 Å². The molecular formula is C11H22N2. The van der Waals surface area contributed by atoms with Crippen LogP contribution in [-0.4, -0.2) is 30.6 Å². The number of hydrogen-bond acceptors (Lipinski definition) is 2. The van der Waals surface area contributed by atoms with Gasteiger partial charge in [0.2, 0.25) is 0 Å². The molecule has 0 aromatic rings. The molecule has 2 nitrogen and oxygen atoms in total. The average Bonchev–Trinajstić information content (AvgIpc) is 2.04. The maximum atomic E-state index is 5.85. The molecule has 13 heavy (non-hydrogen) atoms. The lowest BCUT2D eigenvalue weighted by atomic mass is 10.0. The normalized spacial score (nSPS) is 23.8. The highest BCUT2D eigenvalue weighted by Gasteiger charge is 2.15. The van der Waals surface area contributed by atoms with E-state index < -0.39 is 0 Å². The molecule has 0 saturated heterocycles. The Morgan fingerprint density at radius 2 is 2.23 bits per heavy atom. The van der Waals surface area contributed by atoms with Crippen LogP contribution in [0.25, 0.3) is 0 Å². The van der Waals surface area contributed by atoms with Crippen LogP contribution in [0.2, 0.25) is 0 Å². The summed E-state index contributed by atoms with van der Waals surface area (Å²) in [6, 6.07) is 0.311. The smallest absolute Gasteiger partial charge is 0.0190 e. The molecule has 2 atom stereocenters. The van der Waals surface area contributed by atoms with Crippen LogP contribution in [-0.2, 0) is 0 Å². The van der Waals surface area contributed by atoms with Gasteiger partial charge in [-0.05, 0) is 26.2 Å². The molecule has 0 amide bonds. The number of nitrogens with two attached hydrogens (primary N) is 1. The van der Waals surface area contributed by atoms with Crippen molar-refractivity contribution in [3.05, 3.63) is 11.6 Å². The molecule has 76 valence electrons. The highest BCUT2D eigenvalue weighted by molar-refractivity contribution is 5.04. The topological polar surface area (TPSA) is 29.3 Å². The fourth-order valence-corrected chi connectivity index (χ4v) is 1.72. The van der Waals surface area contributed by atoms with E-state index >= 15 is 0 Å². The zero-order valence-corrected chi connectivity index (χ0v) is 9.09. The summed E-state index contributed by atoms with van der Waals surface area (Å²) in [7, 11) is 0. The zero-order chi connectivity index (χ0) is 9.84. The summed E-state index contributed by atoms with van der Waals surface area (Å²) in [5.41, 5.74) is 7.35. The van der Waals surface area contributed by atoms with Crippen LogP contribution < -0.4 is 5.73 Å². The van der Waals surface area contributed by atoms with Gasteiger partial charge in [0.05, 0.1) is 0 Å². The van der Waals surface area contributed by atoms with Gasteiger partial charge in [-0.1, -0.05) is 18.6 Å². The Morgan fingerprint density at radius 3 is 2.77 bits per heavy atom. The van der Waals surface area contributed by atoms with Gasteiger partial charge in [0.15, 0.2) is 0 Å². The summed E-state index contributed by atoms with van der Waals surface area (Å²) >= 11 is 0. The van der Waals surface area contributed by atoms with Gasteiger partial charge in [-0.15, -0.1) is 0 Å². The van der Waals surface area contributed by atoms with Crippen molar-refractivity contribution in [2.75, 3.05) is 19.6 Å². The van der Waals surface area contributed by atoms with Gasteiger partial charge in [0.1, 0.15) is 0 Å². The molecule has 0 aromatic carbocycles. The fourth-order valence-electron chi connectivity index (χ4n) is 1.72. The van der Waals surface area contributed by atoms with Crippen molar-refractivity contribution >= 4 is 0 Å². The minimum absolute atomic E-state index is 0.311. The molecule has 0 bridgehead atoms. The fraction of sp³-hybridized carbons (Fsp3) is 0.818. The van der Waals surface area contributed by atoms with Crippen molar-refractivity contribution in [1.29, 1.82) is 0 Å². The maximum Gasteiger partial charge on any atom is 0.0190 e. The first-order valence-electron chi connectivity index (χ1n) is 5.23. The summed E-state index contributed by atoms with van der Waals surface area (Å²) in [6.07, 6.45) is 3.55. The quantitative estimate of drug-likeness (QED) is 0.672. The molecule has 2 N–H and O–H groups in total. The highest BCUT2D eigenvalue weighted by atomic mass is 15.1. The lowest BCUT2D eigenvalue weighted by Crippen LogP contribution is -2.38. The molecule has 1 heterocycles. The Labute approximate surface area is 81.8 Å². The minimum Gasteiger partial charge on any atom is -0.328 e. The predicted octanol–water partition coefficient (Wildman–Crippen LogP) is 1.62. The first-order valence-corrected chi connectivity index (χ1v) is 5.23. The number of rotatable bonds is 3. The molecule has 0 radical (unpaired) electrons. The molecule has 0 fully saturated rings. The largest absolute Gasteiger partial charge is 0.328 e. The van der Waals surface area contributed by atoms with E-state index in [2.05, 4.69) is 31.7 Å². The standard InChI is InChI=1S/C11H22N2/c1-9-5-4-6-13(7-9)8-10(2)11(3)12/h5,10-11H,4,6-8,12H2,1-3H3. The van der Waals surface area contributed by atoms with Crippen molar-refractivity contribution in [2.24, 2.45) is 11.7 Å². The van der Waals surface area contributed by atoms with E-state index in [0.717, 1.165) is 13.1 Å². The second kappa shape index (κ2) is 4.77. The van der Waals surface area contributed by atoms with Gasteiger partial charge in [-0.25, -0.2) is 0 Å². The number of nitrogens with zero attached hydrogens (tertiary/aromatic N) is 1. The summed E-state index contributed by atoms with van der Waals surface area (Å²) in [4.78, 5) is 2.50. The van der Waals surface area contributed by atoms with Crippen molar-refractivity contribution in [3.8, 4) is 0 Å². The van der Waals surface area contributed by atoms with Gasteiger partial charge >= 0.3 is 0 Å². The second-order valence-electron chi connectivity index (χ2n) is 4.41. The molecule has 0 aliphatic carbocycles. The van der Waals surface area contributed by atoms with Crippen LogP contribution in [0, 0.1) is 5.92 Å². The molecule has 1 aliphatic heterocycles. The molecule has 0 aromatic heterocycles.